The molecule has 0 aromatic heterocycles. The number of nitrogen functional groups attached to an aromatic ring is 1. The van der Waals surface area contributed by atoms with Gasteiger partial charge in [-0.15, -0.1) is 11.8 Å². The van der Waals surface area contributed by atoms with Crippen LogP contribution in [0.4, 0.5) is 5.69 Å². The van der Waals surface area contributed by atoms with Crippen LogP contribution in [0, 0.1) is 0 Å². The van der Waals surface area contributed by atoms with Gasteiger partial charge in [0.1, 0.15) is 5.75 Å². The number of methoxy groups -OCH3 is 1. The van der Waals surface area contributed by atoms with Gasteiger partial charge in [-0.05, 0) is 25.0 Å². The van der Waals surface area contributed by atoms with Gasteiger partial charge < -0.3 is 15.2 Å². The van der Waals surface area contributed by atoms with Crippen molar-refractivity contribution < 1.29 is 9.47 Å². The topological polar surface area (TPSA) is 44.5 Å². The molecule has 1 rings (SSSR count). The summed E-state index contributed by atoms with van der Waals surface area (Å²) in [6.45, 7) is 3.62. The van der Waals surface area contributed by atoms with Crippen LogP contribution in [0.1, 0.15) is 19.8 Å². The Balaban J connectivity index is 2.50. The minimum Gasteiger partial charge on any atom is -0.493 e. The van der Waals surface area contributed by atoms with E-state index in [0.29, 0.717) is 0 Å². The highest BCUT2D eigenvalue weighted by Gasteiger charge is 2.01. The van der Waals surface area contributed by atoms with E-state index >= 15 is 0 Å². The Morgan fingerprint density at radius 1 is 1.24 bits per heavy atom. The molecule has 0 radical (unpaired) electrons. The normalized spacial score (nSPS) is 10.5. The highest BCUT2D eigenvalue weighted by atomic mass is 32.2. The number of hydrogen-bond donors (Lipinski definition) is 1. The molecule has 3 nitrogen and oxygen atoms in total. The van der Waals surface area contributed by atoms with Gasteiger partial charge in [0.05, 0.1) is 6.61 Å². The molecule has 0 aliphatic heterocycles. The van der Waals surface area contributed by atoms with Crippen molar-refractivity contribution in [3.8, 4) is 5.75 Å². The van der Waals surface area contributed by atoms with Crippen molar-refractivity contribution in [1.82, 2.24) is 0 Å². The minimum absolute atomic E-state index is 0.733. The number of thioether (sulfide) groups is 1. The molecule has 0 unspecified atom stereocenters. The first-order chi connectivity index (χ1) is 8.26. The number of hydrogen-bond acceptors (Lipinski definition) is 4. The van der Waals surface area contributed by atoms with E-state index in [4.69, 9.17) is 15.2 Å². The summed E-state index contributed by atoms with van der Waals surface area (Å²) in [6, 6.07) is 5.90. The Kier molecular flexibility index (Phi) is 6.89. The molecule has 0 saturated heterocycles. The number of benzene rings is 1. The summed E-state index contributed by atoms with van der Waals surface area (Å²) in [5, 5.41) is 0. The van der Waals surface area contributed by atoms with Crippen molar-refractivity contribution in [1.29, 1.82) is 0 Å². The average molecular weight is 255 g/mol. The Morgan fingerprint density at radius 3 is 2.76 bits per heavy atom. The maximum atomic E-state index is 5.84. The van der Waals surface area contributed by atoms with Crippen LogP contribution < -0.4 is 10.5 Å². The summed E-state index contributed by atoms with van der Waals surface area (Å²) in [7, 11) is 1.72. The lowest BCUT2D eigenvalue weighted by atomic mass is 10.3. The van der Waals surface area contributed by atoms with Crippen molar-refractivity contribution >= 4 is 17.4 Å². The first-order valence-corrected chi connectivity index (χ1v) is 6.90. The molecule has 0 saturated carbocycles. The van der Waals surface area contributed by atoms with Crippen LogP contribution in [0.5, 0.6) is 5.75 Å². The summed E-state index contributed by atoms with van der Waals surface area (Å²) >= 11 is 1.78. The third kappa shape index (κ3) is 5.84. The van der Waals surface area contributed by atoms with Crippen molar-refractivity contribution in [2.24, 2.45) is 0 Å². The maximum absolute atomic E-state index is 5.84. The molecule has 0 fully saturated rings. The molecule has 4 heteroatoms. The molecule has 0 amide bonds. The van der Waals surface area contributed by atoms with Gasteiger partial charge in [-0.3, -0.25) is 0 Å². The molecule has 0 atom stereocenters. The number of nitrogens with two attached hydrogens (primary N) is 1. The van der Waals surface area contributed by atoms with Crippen LogP contribution in [-0.2, 0) is 4.74 Å². The highest BCUT2D eigenvalue weighted by molar-refractivity contribution is 7.99. The molecular weight excluding hydrogens is 234 g/mol. The van der Waals surface area contributed by atoms with Crippen molar-refractivity contribution in [3.63, 3.8) is 0 Å². The van der Waals surface area contributed by atoms with Crippen LogP contribution in [0.25, 0.3) is 0 Å². The van der Waals surface area contributed by atoms with Gasteiger partial charge in [0, 0.05) is 36.1 Å². The third-order valence-corrected chi connectivity index (χ3v) is 3.20. The zero-order valence-electron chi connectivity index (χ0n) is 10.6. The highest BCUT2D eigenvalue weighted by Crippen LogP contribution is 2.27. The molecule has 1 aromatic carbocycles. The smallest absolute Gasteiger partial charge is 0.122 e. The summed E-state index contributed by atoms with van der Waals surface area (Å²) in [4.78, 5) is 1.16. The van der Waals surface area contributed by atoms with Gasteiger partial charge in [0.25, 0.3) is 0 Å². The van der Waals surface area contributed by atoms with E-state index in [1.807, 2.05) is 18.2 Å². The Bertz CT molecular complexity index is 331. The standard InChI is InChI=1S/C13H21NO2S/c1-3-5-16-12-8-11(14)9-13(10-12)17-7-4-6-15-2/h8-10H,3-7,14H2,1-2H3. The van der Waals surface area contributed by atoms with Gasteiger partial charge >= 0.3 is 0 Å². The first kappa shape index (κ1) is 14.2. The summed E-state index contributed by atoms with van der Waals surface area (Å²) in [5.74, 6) is 1.89. The van der Waals surface area contributed by atoms with Crippen LogP contribution in [0.2, 0.25) is 0 Å². The fraction of sp³-hybridized carbons (Fsp3) is 0.538. The van der Waals surface area contributed by atoms with E-state index in [0.717, 1.165) is 48.1 Å². The maximum Gasteiger partial charge on any atom is 0.122 e. The fourth-order valence-electron chi connectivity index (χ4n) is 1.37. The van der Waals surface area contributed by atoms with E-state index in [9.17, 15) is 0 Å². The summed E-state index contributed by atoms with van der Waals surface area (Å²) < 4.78 is 10.6. The largest absolute Gasteiger partial charge is 0.493 e. The molecular formula is C13H21NO2S. The summed E-state index contributed by atoms with van der Waals surface area (Å²) in [6.07, 6.45) is 2.05. The SMILES string of the molecule is CCCOc1cc(N)cc(SCCCOC)c1. The van der Waals surface area contributed by atoms with Crippen molar-refractivity contribution in [3.05, 3.63) is 18.2 Å². The van der Waals surface area contributed by atoms with Gasteiger partial charge in [-0.2, -0.15) is 0 Å². The molecule has 0 aliphatic rings. The lowest BCUT2D eigenvalue weighted by Crippen LogP contribution is -1.97. The van der Waals surface area contributed by atoms with Crippen LogP contribution in [0.3, 0.4) is 0 Å². The summed E-state index contributed by atoms with van der Waals surface area (Å²) in [5.41, 5.74) is 6.60. The Labute approximate surface area is 108 Å². The molecule has 17 heavy (non-hydrogen) atoms. The molecule has 1 aromatic rings. The lowest BCUT2D eigenvalue weighted by molar-refractivity contribution is 0.200. The van der Waals surface area contributed by atoms with Gasteiger partial charge in [0.15, 0.2) is 0 Å². The van der Waals surface area contributed by atoms with Crippen LogP contribution in [0.15, 0.2) is 23.1 Å². The number of ether oxygens (including phenoxy) is 2. The predicted molar refractivity (Wildman–Crippen MR) is 73.9 cm³/mol. The zero-order valence-corrected chi connectivity index (χ0v) is 11.4. The molecule has 2 N–H and O–H groups in total. The van der Waals surface area contributed by atoms with Gasteiger partial charge in [0.2, 0.25) is 0 Å². The second kappa shape index (κ2) is 8.25. The van der Waals surface area contributed by atoms with Crippen LogP contribution >= 0.6 is 11.8 Å². The Morgan fingerprint density at radius 2 is 2.06 bits per heavy atom. The van der Waals surface area contributed by atoms with E-state index in [1.165, 1.54) is 0 Å². The van der Waals surface area contributed by atoms with E-state index < -0.39 is 0 Å². The second-order valence-electron chi connectivity index (χ2n) is 3.78. The second-order valence-corrected chi connectivity index (χ2v) is 4.95. The quantitative estimate of drug-likeness (QED) is 0.440. The predicted octanol–water partition coefficient (Wildman–Crippen LogP) is 3.19. The van der Waals surface area contributed by atoms with Gasteiger partial charge in [-0.1, -0.05) is 6.92 Å². The molecule has 0 bridgehead atoms. The minimum atomic E-state index is 0.733. The molecule has 96 valence electrons. The molecule has 0 aliphatic carbocycles. The lowest BCUT2D eigenvalue weighted by Gasteiger charge is -2.08. The fourth-order valence-corrected chi connectivity index (χ4v) is 2.29. The van der Waals surface area contributed by atoms with Crippen molar-refractivity contribution in [2.45, 2.75) is 24.7 Å². The monoisotopic (exact) mass is 255 g/mol. The van der Waals surface area contributed by atoms with Crippen molar-refractivity contribution in [2.75, 3.05) is 31.8 Å². The number of rotatable bonds is 8. The third-order valence-electron chi connectivity index (χ3n) is 2.14. The number of anilines is 1. The average Bonchev–Trinajstić information content (AvgIpc) is 2.31. The first-order valence-electron chi connectivity index (χ1n) is 5.91. The zero-order chi connectivity index (χ0) is 12.5. The van der Waals surface area contributed by atoms with E-state index in [-0.39, 0.29) is 0 Å². The van der Waals surface area contributed by atoms with E-state index in [2.05, 4.69) is 6.92 Å². The van der Waals surface area contributed by atoms with Gasteiger partial charge in [-0.25, -0.2) is 0 Å². The Hall–Kier alpha value is -0.870. The van der Waals surface area contributed by atoms with E-state index in [1.54, 1.807) is 18.9 Å². The molecule has 0 heterocycles. The van der Waals surface area contributed by atoms with Crippen LogP contribution in [-0.4, -0.2) is 26.1 Å². The molecule has 0 spiro atoms.